The maximum atomic E-state index is 12.3. The number of rotatable bonds is 6. The van der Waals surface area contributed by atoms with Crippen LogP contribution < -0.4 is 10.1 Å². The number of amides is 1. The van der Waals surface area contributed by atoms with Crippen LogP contribution in [0, 0.1) is 0 Å². The summed E-state index contributed by atoms with van der Waals surface area (Å²) < 4.78 is 13.1. The van der Waals surface area contributed by atoms with Gasteiger partial charge in [-0.2, -0.15) is 0 Å². The highest BCUT2D eigenvalue weighted by atomic mass is 16.5. The SMILES string of the molecule is O=C(NCc1nnc2ccccn12)c1ccc(OCC2CCCO2)cc1. The van der Waals surface area contributed by atoms with Gasteiger partial charge in [0.05, 0.1) is 12.6 Å². The van der Waals surface area contributed by atoms with Crippen molar-refractivity contribution in [3.8, 4) is 5.75 Å². The summed E-state index contributed by atoms with van der Waals surface area (Å²) in [6, 6.07) is 12.8. The van der Waals surface area contributed by atoms with Crippen molar-refractivity contribution in [3.05, 3.63) is 60.0 Å². The van der Waals surface area contributed by atoms with E-state index in [1.807, 2.05) is 28.8 Å². The van der Waals surface area contributed by atoms with E-state index in [9.17, 15) is 4.79 Å². The normalized spacial score (nSPS) is 16.7. The van der Waals surface area contributed by atoms with Crippen LogP contribution in [0.3, 0.4) is 0 Å². The third-order valence-corrected chi connectivity index (χ3v) is 4.37. The maximum Gasteiger partial charge on any atom is 0.251 e. The number of benzene rings is 1. The lowest BCUT2D eigenvalue weighted by Gasteiger charge is -2.11. The van der Waals surface area contributed by atoms with Crippen LogP contribution >= 0.6 is 0 Å². The van der Waals surface area contributed by atoms with Crippen LogP contribution in [0.25, 0.3) is 5.65 Å². The minimum Gasteiger partial charge on any atom is -0.491 e. The molecule has 0 aliphatic carbocycles. The molecule has 1 saturated heterocycles. The van der Waals surface area contributed by atoms with Gasteiger partial charge in [0.1, 0.15) is 12.4 Å². The highest BCUT2D eigenvalue weighted by molar-refractivity contribution is 5.94. The summed E-state index contributed by atoms with van der Waals surface area (Å²) in [7, 11) is 0. The second-order valence-electron chi connectivity index (χ2n) is 6.20. The molecule has 1 N–H and O–H groups in total. The fourth-order valence-corrected chi connectivity index (χ4v) is 2.94. The number of pyridine rings is 1. The summed E-state index contributed by atoms with van der Waals surface area (Å²) >= 11 is 0. The van der Waals surface area contributed by atoms with Crippen molar-refractivity contribution in [2.75, 3.05) is 13.2 Å². The van der Waals surface area contributed by atoms with E-state index in [0.29, 0.717) is 24.5 Å². The van der Waals surface area contributed by atoms with Crippen molar-refractivity contribution in [3.63, 3.8) is 0 Å². The fraction of sp³-hybridized carbons (Fsp3) is 0.316. The molecule has 0 bridgehead atoms. The van der Waals surface area contributed by atoms with Gasteiger partial charge in [0.2, 0.25) is 0 Å². The number of hydrogen-bond acceptors (Lipinski definition) is 5. The Bertz CT molecular complexity index is 885. The van der Waals surface area contributed by atoms with Crippen molar-refractivity contribution < 1.29 is 14.3 Å². The van der Waals surface area contributed by atoms with E-state index in [-0.39, 0.29) is 12.0 Å². The summed E-state index contributed by atoms with van der Waals surface area (Å²) in [6.07, 6.45) is 4.18. The maximum absolute atomic E-state index is 12.3. The van der Waals surface area contributed by atoms with E-state index in [1.54, 1.807) is 24.3 Å². The summed E-state index contributed by atoms with van der Waals surface area (Å²) in [4.78, 5) is 12.3. The molecule has 26 heavy (non-hydrogen) atoms. The Morgan fingerprint density at radius 3 is 2.92 bits per heavy atom. The molecule has 1 unspecified atom stereocenters. The monoisotopic (exact) mass is 352 g/mol. The molecule has 1 aliphatic heterocycles. The lowest BCUT2D eigenvalue weighted by atomic mass is 10.2. The summed E-state index contributed by atoms with van der Waals surface area (Å²) in [5.41, 5.74) is 1.33. The number of ether oxygens (including phenoxy) is 2. The average molecular weight is 352 g/mol. The van der Waals surface area contributed by atoms with E-state index >= 15 is 0 Å². The van der Waals surface area contributed by atoms with E-state index in [2.05, 4.69) is 15.5 Å². The van der Waals surface area contributed by atoms with Crippen molar-refractivity contribution in [1.29, 1.82) is 0 Å². The Hall–Kier alpha value is -2.93. The van der Waals surface area contributed by atoms with Crippen LogP contribution in [0.15, 0.2) is 48.7 Å². The molecule has 1 amide bonds. The minimum absolute atomic E-state index is 0.164. The van der Waals surface area contributed by atoms with Crippen molar-refractivity contribution in [1.82, 2.24) is 19.9 Å². The van der Waals surface area contributed by atoms with E-state index in [0.717, 1.165) is 30.8 Å². The van der Waals surface area contributed by atoms with E-state index in [4.69, 9.17) is 9.47 Å². The van der Waals surface area contributed by atoms with Gasteiger partial charge >= 0.3 is 0 Å². The average Bonchev–Trinajstić information content (AvgIpc) is 3.35. The van der Waals surface area contributed by atoms with Crippen LogP contribution in [0.1, 0.15) is 29.0 Å². The van der Waals surface area contributed by atoms with Gasteiger partial charge in [-0.1, -0.05) is 6.07 Å². The third kappa shape index (κ3) is 3.67. The highest BCUT2D eigenvalue weighted by Crippen LogP contribution is 2.16. The number of nitrogens with one attached hydrogen (secondary N) is 1. The van der Waals surface area contributed by atoms with Gasteiger partial charge < -0.3 is 14.8 Å². The predicted octanol–water partition coefficient (Wildman–Crippen LogP) is 2.22. The van der Waals surface area contributed by atoms with Gasteiger partial charge in [-0.3, -0.25) is 9.20 Å². The minimum atomic E-state index is -0.164. The molecule has 7 nitrogen and oxygen atoms in total. The van der Waals surface area contributed by atoms with Crippen LogP contribution in [-0.2, 0) is 11.3 Å². The number of nitrogens with zero attached hydrogens (tertiary/aromatic N) is 3. The van der Waals surface area contributed by atoms with Gasteiger partial charge in [0.15, 0.2) is 11.5 Å². The molecule has 3 aromatic rings. The summed E-state index contributed by atoms with van der Waals surface area (Å²) in [5, 5.41) is 11.0. The highest BCUT2D eigenvalue weighted by Gasteiger charge is 2.16. The quantitative estimate of drug-likeness (QED) is 0.736. The molecule has 1 fully saturated rings. The molecule has 1 aromatic carbocycles. The van der Waals surface area contributed by atoms with Crippen molar-refractivity contribution in [2.24, 2.45) is 0 Å². The molecule has 4 rings (SSSR count). The first-order chi connectivity index (χ1) is 12.8. The van der Waals surface area contributed by atoms with Gasteiger partial charge in [0.25, 0.3) is 5.91 Å². The predicted molar refractivity (Wildman–Crippen MR) is 95.1 cm³/mol. The van der Waals surface area contributed by atoms with Crippen LogP contribution in [0.4, 0.5) is 0 Å². The molecule has 3 heterocycles. The second-order valence-corrected chi connectivity index (χ2v) is 6.20. The molecule has 0 spiro atoms. The molecular weight excluding hydrogens is 332 g/mol. The zero-order valence-electron chi connectivity index (χ0n) is 14.3. The number of hydrogen-bond donors (Lipinski definition) is 1. The Kier molecular flexibility index (Phi) is 4.79. The summed E-state index contributed by atoms with van der Waals surface area (Å²) in [5.74, 6) is 1.26. The number of fused-ring (bicyclic) bond motifs is 1. The molecule has 134 valence electrons. The molecule has 1 aliphatic rings. The largest absolute Gasteiger partial charge is 0.491 e. The zero-order valence-corrected chi connectivity index (χ0v) is 14.3. The third-order valence-electron chi connectivity index (χ3n) is 4.37. The fourth-order valence-electron chi connectivity index (χ4n) is 2.94. The lowest BCUT2D eigenvalue weighted by Crippen LogP contribution is -2.24. The first-order valence-electron chi connectivity index (χ1n) is 8.71. The first-order valence-corrected chi connectivity index (χ1v) is 8.71. The molecule has 7 heteroatoms. The molecule has 0 radical (unpaired) electrons. The topological polar surface area (TPSA) is 77.8 Å². The molecular formula is C19H20N4O3. The molecule has 2 aromatic heterocycles. The van der Waals surface area contributed by atoms with Crippen molar-refractivity contribution >= 4 is 11.6 Å². The lowest BCUT2D eigenvalue weighted by molar-refractivity contribution is 0.0679. The van der Waals surface area contributed by atoms with Gasteiger partial charge in [-0.15, -0.1) is 10.2 Å². The van der Waals surface area contributed by atoms with Gasteiger partial charge in [-0.25, -0.2) is 0 Å². The smallest absolute Gasteiger partial charge is 0.251 e. The Morgan fingerprint density at radius 2 is 2.12 bits per heavy atom. The Morgan fingerprint density at radius 1 is 1.23 bits per heavy atom. The van der Waals surface area contributed by atoms with Crippen LogP contribution in [0.2, 0.25) is 0 Å². The Balaban J connectivity index is 1.32. The number of carbonyl (C=O) groups is 1. The first kappa shape index (κ1) is 16.5. The number of aromatic nitrogens is 3. The molecule has 0 saturated carbocycles. The van der Waals surface area contributed by atoms with E-state index in [1.165, 1.54) is 0 Å². The van der Waals surface area contributed by atoms with Crippen LogP contribution in [0.5, 0.6) is 5.75 Å². The Labute approximate surface area is 151 Å². The molecule has 1 atom stereocenters. The second kappa shape index (κ2) is 7.53. The van der Waals surface area contributed by atoms with Gasteiger partial charge in [-0.05, 0) is 49.2 Å². The zero-order chi connectivity index (χ0) is 17.8. The van der Waals surface area contributed by atoms with Crippen molar-refractivity contribution in [2.45, 2.75) is 25.5 Å². The number of carbonyl (C=O) groups excluding carboxylic acids is 1. The van der Waals surface area contributed by atoms with Gasteiger partial charge in [0, 0.05) is 18.4 Å². The van der Waals surface area contributed by atoms with Crippen LogP contribution in [-0.4, -0.2) is 39.8 Å². The summed E-state index contributed by atoms with van der Waals surface area (Å²) in [6.45, 7) is 1.67. The van der Waals surface area contributed by atoms with E-state index < -0.39 is 0 Å². The standard InChI is InChI=1S/C19H20N4O3/c24-19(20-12-18-22-21-17-5-1-2-10-23(17)18)14-6-8-15(9-7-14)26-13-16-4-3-11-25-16/h1-2,5-10,16H,3-4,11-13H2,(H,20,24).